The molecule has 0 aliphatic carbocycles. The second-order valence-electron chi connectivity index (χ2n) is 7.01. The summed E-state index contributed by atoms with van der Waals surface area (Å²) >= 11 is 0. The number of nitrogens with zero attached hydrogens (tertiary/aromatic N) is 6. The van der Waals surface area contributed by atoms with E-state index >= 15 is 0 Å². The molecule has 12 heteroatoms. The molecule has 0 bridgehead atoms. The van der Waals surface area contributed by atoms with Crippen molar-refractivity contribution in [1.29, 1.82) is 0 Å². The highest BCUT2D eigenvalue weighted by molar-refractivity contribution is 5.74. The lowest BCUT2D eigenvalue weighted by Crippen LogP contribution is -2.47. The summed E-state index contributed by atoms with van der Waals surface area (Å²) in [6, 6.07) is 9.80. The van der Waals surface area contributed by atoms with Crippen molar-refractivity contribution in [2.45, 2.75) is 6.18 Å². The van der Waals surface area contributed by atoms with Crippen LogP contribution in [-0.2, 0) is 6.18 Å². The van der Waals surface area contributed by atoms with Gasteiger partial charge in [0, 0.05) is 38.1 Å². The molecule has 1 aliphatic heterocycles. The maximum absolute atomic E-state index is 12.8. The number of aromatic nitrogens is 3. The van der Waals surface area contributed by atoms with Crippen molar-refractivity contribution in [3.8, 4) is 0 Å². The molecular formula is C20H18F3N7O2. The van der Waals surface area contributed by atoms with Crippen LogP contribution in [0.15, 0.2) is 55.0 Å². The highest BCUT2D eigenvalue weighted by atomic mass is 19.4. The van der Waals surface area contributed by atoms with E-state index in [4.69, 9.17) is 0 Å². The first-order valence-electron chi connectivity index (χ1n) is 9.67. The summed E-state index contributed by atoms with van der Waals surface area (Å²) in [6.45, 7) is 2.15. The highest BCUT2D eigenvalue weighted by Crippen LogP contribution is 2.35. The number of nitrogens with one attached hydrogen (secondary N) is 1. The molecule has 166 valence electrons. The average molecular weight is 445 g/mol. The van der Waals surface area contributed by atoms with E-state index in [9.17, 15) is 23.3 Å². The van der Waals surface area contributed by atoms with E-state index < -0.39 is 16.7 Å². The zero-order chi connectivity index (χ0) is 22.7. The summed E-state index contributed by atoms with van der Waals surface area (Å²) in [5, 5.41) is 14.6. The molecule has 1 fully saturated rings. The minimum Gasteiger partial charge on any atom is -0.353 e. The minimum absolute atomic E-state index is 0.0908. The molecule has 0 amide bonds. The Morgan fingerprint density at radius 2 is 1.62 bits per heavy atom. The Morgan fingerprint density at radius 3 is 2.22 bits per heavy atom. The number of anilines is 4. The number of piperazine rings is 1. The second kappa shape index (κ2) is 8.65. The molecule has 1 saturated heterocycles. The molecular weight excluding hydrogens is 427 g/mol. The van der Waals surface area contributed by atoms with E-state index in [-0.39, 0.29) is 23.0 Å². The van der Waals surface area contributed by atoms with Crippen molar-refractivity contribution in [2.75, 3.05) is 41.3 Å². The van der Waals surface area contributed by atoms with Crippen molar-refractivity contribution in [1.82, 2.24) is 15.0 Å². The van der Waals surface area contributed by atoms with Crippen LogP contribution >= 0.6 is 0 Å². The van der Waals surface area contributed by atoms with Crippen LogP contribution in [0.3, 0.4) is 0 Å². The lowest BCUT2D eigenvalue weighted by atomic mass is 10.2. The van der Waals surface area contributed by atoms with E-state index in [1.807, 2.05) is 18.2 Å². The van der Waals surface area contributed by atoms with Gasteiger partial charge in [0.2, 0.25) is 11.6 Å². The van der Waals surface area contributed by atoms with Gasteiger partial charge < -0.3 is 15.1 Å². The van der Waals surface area contributed by atoms with E-state index in [0.717, 1.165) is 18.0 Å². The zero-order valence-corrected chi connectivity index (χ0v) is 16.7. The number of benzene rings is 1. The third kappa shape index (κ3) is 4.53. The topological polar surface area (TPSA) is 100 Å². The lowest BCUT2D eigenvalue weighted by molar-refractivity contribution is -0.383. The van der Waals surface area contributed by atoms with Crippen LogP contribution < -0.4 is 15.1 Å². The summed E-state index contributed by atoms with van der Waals surface area (Å²) in [7, 11) is 0. The van der Waals surface area contributed by atoms with Crippen LogP contribution in [0, 0.1) is 10.1 Å². The third-order valence-corrected chi connectivity index (χ3v) is 5.01. The summed E-state index contributed by atoms with van der Waals surface area (Å²) in [4.78, 5) is 27.5. The third-order valence-electron chi connectivity index (χ3n) is 5.01. The zero-order valence-electron chi connectivity index (χ0n) is 16.7. The predicted octanol–water partition coefficient (Wildman–Crippen LogP) is 3.87. The van der Waals surface area contributed by atoms with Crippen LogP contribution in [0.25, 0.3) is 0 Å². The molecule has 32 heavy (non-hydrogen) atoms. The van der Waals surface area contributed by atoms with Crippen molar-refractivity contribution in [3.63, 3.8) is 0 Å². The molecule has 0 spiro atoms. The standard InChI is InChI=1S/C20H18F3N7O2/c21-20(22,23)14-4-6-15(7-5-14)27-18-17(30(31)32)19(26-13-25-18)29-11-9-28(10-12-29)16-3-1-2-8-24-16/h1-8,13H,9-12H2,(H,25,26,27). The van der Waals surface area contributed by atoms with Crippen LogP contribution in [0.2, 0.25) is 0 Å². The molecule has 0 unspecified atom stereocenters. The predicted molar refractivity (Wildman–Crippen MR) is 112 cm³/mol. The SMILES string of the molecule is O=[N+]([O-])c1c(Nc2ccc(C(F)(F)F)cc2)ncnc1N1CCN(c2ccccn2)CC1. The molecule has 0 atom stereocenters. The summed E-state index contributed by atoms with van der Waals surface area (Å²) in [5.74, 6) is 0.890. The Bertz CT molecular complexity index is 1090. The number of hydrogen-bond acceptors (Lipinski definition) is 8. The van der Waals surface area contributed by atoms with Crippen LogP contribution in [0.5, 0.6) is 0 Å². The number of halogens is 3. The van der Waals surface area contributed by atoms with Gasteiger partial charge in [0.1, 0.15) is 12.1 Å². The fraction of sp³-hybridized carbons (Fsp3) is 0.250. The number of pyridine rings is 1. The fourth-order valence-electron chi connectivity index (χ4n) is 3.43. The number of nitro groups is 1. The van der Waals surface area contributed by atoms with Gasteiger partial charge in [0.25, 0.3) is 0 Å². The Kier molecular flexibility index (Phi) is 5.75. The average Bonchev–Trinajstić information content (AvgIpc) is 2.79. The molecule has 3 heterocycles. The minimum atomic E-state index is -4.47. The van der Waals surface area contributed by atoms with Crippen LogP contribution in [0.1, 0.15) is 5.56 Å². The first kappa shape index (κ1) is 21.3. The molecule has 0 saturated carbocycles. The number of rotatable bonds is 5. The van der Waals surface area contributed by atoms with E-state index in [1.54, 1.807) is 11.1 Å². The van der Waals surface area contributed by atoms with Crippen molar-refractivity contribution in [2.24, 2.45) is 0 Å². The highest BCUT2D eigenvalue weighted by Gasteiger charge is 2.31. The van der Waals surface area contributed by atoms with Gasteiger partial charge in [-0.1, -0.05) is 6.07 Å². The van der Waals surface area contributed by atoms with Gasteiger partial charge in [-0.3, -0.25) is 10.1 Å². The second-order valence-corrected chi connectivity index (χ2v) is 7.01. The Morgan fingerprint density at radius 1 is 0.938 bits per heavy atom. The largest absolute Gasteiger partial charge is 0.416 e. The number of hydrogen-bond donors (Lipinski definition) is 1. The van der Waals surface area contributed by atoms with Crippen LogP contribution in [-0.4, -0.2) is 46.1 Å². The van der Waals surface area contributed by atoms with Crippen molar-refractivity contribution in [3.05, 3.63) is 70.7 Å². The molecule has 1 N–H and O–H groups in total. The maximum Gasteiger partial charge on any atom is 0.416 e. The van der Waals surface area contributed by atoms with Crippen molar-refractivity contribution >= 4 is 28.8 Å². The van der Waals surface area contributed by atoms with Gasteiger partial charge in [0.05, 0.1) is 10.5 Å². The normalized spacial score (nSPS) is 14.3. The summed E-state index contributed by atoms with van der Waals surface area (Å²) in [5.41, 5.74) is -0.906. The fourth-order valence-corrected chi connectivity index (χ4v) is 3.43. The molecule has 4 rings (SSSR count). The van der Waals surface area contributed by atoms with Crippen LogP contribution in [0.4, 0.5) is 42.0 Å². The van der Waals surface area contributed by atoms with E-state index in [1.165, 1.54) is 18.5 Å². The van der Waals surface area contributed by atoms with Gasteiger partial charge in [0.15, 0.2) is 0 Å². The van der Waals surface area contributed by atoms with E-state index in [0.29, 0.717) is 26.2 Å². The smallest absolute Gasteiger partial charge is 0.353 e. The summed E-state index contributed by atoms with van der Waals surface area (Å²) < 4.78 is 38.3. The first-order valence-corrected chi connectivity index (χ1v) is 9.67. The summed E-state index contributed by atoms with van der Waals surface area (Å²) in [6.07, 6.45) is -1.57. The van der Waals surface area contributed by atoms with Gasteiger partial charge >= 0.3 is 11.9 Å². The molecule has 9 nitrogen and oxygen atoms in total. The molecule has 1 aliphatic rings. The van der Waals surface area contributed by atoms with Crippen molar-refractivity contribution < 1.29 is 18.1 Å². The quantitative estimate of drug-likeness (QED) is 0.467. The number of alkyl halides is 3. The monoisotopic (exact) mass is 445 g/mol. The lowest BCUT2D eigenvalue weighted by Gasteiger charge is -2.35. The molecule has 0 radical (unpaired) electrons. The molecule has 3 aromatic rings. The van der Waals surface area contributed by atoms with Gasteiger partial charge in [-0.25, -0.2) is 15.0 Å². The molecule has 2 aromatic heterocycles. The van der Waals surface area contributed by atoms with E-state index in [2.05, 4.69) is 25.2 Å². The molecule has 1 aromatic carbocycles. The van der Waals surface area contributed by atoms with Gasteiger partial charge in [-0.15, -0.1) is 0 Å². The Balaban J connectivity index is 1.54. The Hall–Kier alpha value is -3.96. The van der Waals surface area contributed by atoms with Gasteiger partial charge in [-0.05, 0) is 36.4 Å². The van der Waals surface area contributed by atoms with Gasteiger partial charge in [-0.2, -0.15) is 13.2 Å². The maximum atomic E-state index is 12.8. The first-order chi connectivity index (χ1) is 15.3. The Labute approximate surface area is 180 Å².